The second kappa shape index (κ2) is 9.73. The molecule has 2 amide bonds. The highest BCUT2D eigenvalue weighted by Gasteiger charge is 2.40. The highest BCUT2D eigenvalue weighted by Crippen LogP contribution is 2.27. The number of alkyl halides is 3. The molecule has 0 aliphatic carbocycles. The minimum Gasteiger partial charge on any atom is -0.497 e. The molecule has 0 aliphatic heterocycles. The summed E-state index contributed by atoms with van der Waals surface area (Å²) in [5.41, 5.74) is 0.327. The van der Waals surface area contributed by atoms with Crippen molar-refractivity contribution in [2.24, 2.45) is 0 Å². The minimum atomic E-state index is -5.06. The van der Waals surface area contributed by atoms with Gasteiger partial charge in [0, 0.05) is 0 Å². The SMILES string of the molecule is CCSc1nnc(NC(=O)C[C@@H](NC(=O)C(F)(F)F)c2ccc(OC)cc2)s1. The first-order valence-corrected chi connectivity index (χ1v) is 9.81. The maximum Gasteiger partial charge on any atom is 0.471 e. The molecule has 0 fully saturated rings. The molecule has 1 atom stereocenters. The molecule has 7 nitrogen and oxygen atoms in total. The van der Waals surface area contributed by atoms with Crippen LogP contribution in [-0.2, 0) is 9.59 Å². The standard InChI is InChI=1S/C16H17F3N4O3S2/c1-3-27-15-23-22-14(28-15)21-12(24)8-11(20-13(25)16(17,18)19)9-4-6-10(26-2)7-5-9/h4-7,11H,3,8H2,1-2H3,(H,20,25)(H,21,22,24)/t11-/m1/s1. The van der Waals surface area contributed by atoms with Gasteiger partial charge in [-0.25, -0.2) is 0 Å². The van der Waals surface area contributed by atoms with Gasteiger partial charge in [0.25, 0.3) is 0 Å². The van der Waals surface area contributed by atoms with Crippen LogP contribution in [-0.4, -0.2) is 41.1 Å². The second-order valence-corrected chi connectivity index (χ2v) is 7.84. The van der Waals surface area contributed by atoms with Crippen LogP contribution in [0.15, 0.2) is 28.6 Å². The number of anilines is 1. The molecule has 0 spiro atoms. The van der Waals surface area contributed by atoms with Crippen molar-refractivity contribution in [1.82, 2.24) is 15.5 Å². The van der Waals surface area contributed by atoms with E-state index in [0.29, 0.717) is 15.7 Å². The van der Waals surface area contributed by atoms with Gasteiger partial charge in [-0.05, 0) is 23.4 Å². The number of nitrogens with zero attached hydrogens (tertiary/aromatic N) is 2. The first kappa shape index (κ1) is 22.0. The number of amides is 2. The van der Waals surface area contributed by atoms with Crippen LogP contribution in [0.1, 0.15) is 24.9 Å². The van der Waals surface area contributed by atoms with Crippen LogP contribution in [0, 0.1) is 0 Å². The summed E-state index contributed by atoms with van der Waals surface area (Å²) in [4.78, 5) is 23.7. The number of thioether (sulfide) groups is 1. The van der Waals surface area contributed by atoms with E-state index < -0.39 is 30.5 Å². The van der Waals surface area contributed by atoms with E-state index in [1.807, 2.05) is 12.2 Å². The van der Waals surface area contributed by atoms with Gasteiger partial charge in [-0.15, -0.1) is 10.2 Å². The zero-order valence-electron chi connectivity index (χ0n) is 14.9. The molecule has 28 heavy (non-hydrogen) atoms. The Hall–Kier alpha value is -2.34. The van der Waals surface area contributed by atoms with Crippen LogP contribution in [0.4, 0.5) is 18.3 Å². The summed E-state index contributed by atoms with van der Waals surface area (Å²) in [5, 5.41) is 12.3. The van der Waals surface area contributed by atoms with E-state index in [2.05, 4.69) is 15.5 Å². The van der Waals surface area contributed by atoms with Crippen LogP contribution >= 0.6 is 23.1 Å². The van der Waals surface area contributed by atoms with Gasteiger partial charge in [-0.2, -0.15) is 13.2 Å². The van der Waals surface area contributed by atoms with E-state index in [1.165, 1.54) is 43.1 Å². The van der Waals surface area contributed by atoms with Gasteiger partial charge in [0.1, 0.15) is 5.75 Å². The second-order valence-electron chi connectivity index (χ2n) is 5.36. The fraction of sp³-hybridized carbons (Fsp3) is 0.375. The molecule has 1 aromatic carbocycles. The van der Waals surface area contributed by atoms with E-state index in [0.717, 1.165) is 17.1 Å². The summed E-state index contributed by atoms with van der Waals surface area (Å²) in [6.45, 7) is 1.94. The Balaban J connectivity index is 2.12. The number of carbonyl (C=O) groups excluding carboxylic acids is 2. The highest BCUT2D eigenvalue weighted by molar-refractivity contribution is 8.01. The lowest BCUT2D eigenvalue weighted by Crippen LogP contribution is -2.40. The predicted molar refractivity (Wildman–Crippen MR) is 99.5 cm³/mol. The number of hydrogen-bond donors (Lipinski definition) is 2. The highest BCUT2D eigenvalue weighted by atomic mass is 32.2. The minimum absolute atomic E-state index is 0.233. The zero-order chi connectivity index (χ0) is 20.7. The molecule has 0 saturated heterocycles. The third kappa shape index (κ3) is 6.37. The molecule has 0 radical (unpaired) electrons. The molecule has 2 rings (SSSR count). The average molecular weight is 434 g/mol. The van der Waals surface area contributed by atoms with Crippen LogP contribution in [0.25, 0.3) is 0 Å². The van der Waals surface area contributed by atoms with E-state index in [4.69, 9.17) is 4.74 Å². The maximum atomic E-state index is 12.7. The van der Waals surface area contributed by atoms with Gasteiger partial charge >= 0.3 is 12.1 Å². The largest absolute Gasteiger partial charge is 0.497 e. The fourth-order valence-electron chi connectivity index (χ4n) is 2.13. The first-order valence-electron chi connectivity index (χ1n) is 8.00. The van der Waals surface area contributed by atoms with E-state index in [9.17, 15) is 22.8 Å². The lowest BCUT2D eigenvalue weighted by molar-refractivity contribution is -0.174. The molecular formula is C16H17F3N4O3S2. The number of benzene rings is 1. The monoisotopic (exact) mass is 434 g/mol. The number of nitrogens with one attached hydrogen (secondary N) is 2. The number of halogens is 3. The molecule has 0 bridgehead atoms. The van der Waals surface area contributed by atoms with Crippen molar-refractivity contribution in [2.45, 2.75) is 29.9 Å². The summed E-state index contributed by atoms with van der Waals surface area (Å²) < 4.78 is 43.6. The molecule has 1 aromatic heterocycles. The summed E-state index contributed by atoms with van der Waals surface area (Å²) in [5.74, 6) is -1.46. The van der Waals surface area contributed by atoms with Gasteiger partial charge in [0.15, 0.2) is 4.34 Å². The van der Waals surface area contributed by atoms with Crippen molar-refractivity contribution in [3.63, 3.8) is 0 Å². The molecule has 0 saturated carbocycles. The lowest BCUT2D eigenvalue weighted by Gasteiger charge is -2.19. The molecule has 2 aromatic rings. The van der Waals surface area contributed by atoms with Crippen molar-refractivity contribution in [3.05, 3.63) is 29.8 Å². The Bertz CT molecular complexity index is 812. The lowest BCUT2D eigenvalue weighted by atomic mass is 10.0. The van der Waals surface area contributed by atoms with Crippen LogP contribution in [0.3, 0.4) is 0 Å². The van der Waals surface area contributed by atoms with Crippen LogP contribution in [0.2, 0.25) is 0 Å². The van der Waals surface area contributed by atoms with E-state index in [-0.39, 0.29) is 5.13 Å². The molecule has 2 N–H and O–H groups in total. The average Bonchev–Trinajstić information content (AvgIpc) is 3.07. The number of carbonyl (C=O) groups is 2. The van der Waals surface area contributed by atoms with Gasteiger partial charge in [0.05, 0.1) is 19.6 Å². The Morgan fingerprint density at radius 2 is 1.93 bits per heavy atom. The van der Waals surface area contributed by atoms with Crippen LogP contribution < -0.4 is 15.4 Å². The quantitative estimate of drug-likeness (QED) is 0.489. The van der Waals surface area contributed by atoms with Crippen molar-refractivity contribution < 1.29 is 27.5 Å². The molecule has 1 heterocycles. The van der Waals surface area contributed by atoms with Gasteiger partial charge < -0.3 is 15.4 Å². The third-order valence-corrected chi connectivity index (χ3v) is 5.25. The Morgan fingerprint density at radius 1 is 1.25 bits per heavy atom. The van der Waals surface area contributed by atoms with Gasteiger partial charge in [-0.1, -0.05) is 42.2 Å². The van der Waals surface area contributed by atoms with Crippen molar-refractivity contribution >= 4 is 40.0 Å². The maximum absolute atomic E-state index is 12.7. The zero-order valence-corrected chi connectivity index (χ0v) is 16.5. The topological polar surface area (TPSA) is 93.2 Å². The van der Waals surface area contributed by atoms with Gasteiger partial charge in [-0.3, -0.25) is 9.59 Å². The van der Waals surface area contributed by atoms with Crippen molar-refractivity contribution in [3.8, 4) is 5.75 Å². The summed E-state index contributed by atoms with van der Waals surface area (Å²) in [6, 6.07) is 4.83. The Morgan fingerprint density at radius 3 is 2.50 bits per heavy atom. The molecule has 152 valence electrons. The molecular weight excluding hydrogens is 417 g/mol. The fourth-order valence-corrected chi connectivity index (χ4v) is 3.79. The van der Waals surface area contributed by atoms with Crippen molar-refractivity contribution in [2.75, 3.05) is 18.2 Å². The number of hydrogen-bond acceptors (Lipinski definition) is 7. The normalized spacial score (nSPS) is 12.3. The Labute approximate surface area is 167 Å². The van der Waals surface area contributed by atoms with Crippen LogP contribution in [0.5, 0.6) is 5.75 Å². The summed E-state index contributed by atoms with van der Waals surface area (Å²) in [7, 11) is 1.44. The number of methoxy groups -OCH3 is 1. The molecule has 0 aliphatic rings. The van der Waals surface area contributed by atoms with Crippen molar-refractivity contribution in [1.29, 1.82) is 0 Å². The summed E-state index contributed by atoms with van der Waals surface area (Å²) in [6.07, 6.45) is -5.48. The smallest absolute Gasteiger partial charge is 0.471 e. The number of rotatable bonds is 8. The first-order chi connectivity index (χ1) is 13.2. The van der Waals surface area contributed by atoms with E-state index >= 15 is 0 Å². The Kier molecular flexibility index (Phi) is 7.63. The van der Waals surface area contributed by atoms with Gasteiger partial charge in [0.2, 0.25) is 11.0 Å². The number of aromatic nitrogens is 2. The third-order valence-electron chi connectivity index (χ3n) is 3.39. The molecule has 0 unspecified atom stereocenters. The van der Waals surface area contributed by atoms with E-state index in [1.54, 1.807) is 0 Å². The number of ether oxygens (including phenoxy) is 1. The predicted octanol–water partition coefficient (Wildman–Crippen LogP) is 3.41. The summed E-state index contributed by atoms with van der Waals surface area (Å²) >= 11 is 2.61. The molecule has 12 heteroatoms.